The van der Waals surface area contributed by atoms with Gasteiger partial charge in [0, 0.05) is 13.0 Å². The molecule has 1 amide bonds. The van der Waals surface area contributed by atoms with Crippen LogP contribution >= 0.6 is 0 Å². The summed E-state index contributed by atoms with van der Waals surface area (Å²) in [5.41, 5.74) is 0. The first-order chi connectivity index (χ1) is 7.22. The van der Waals surface area contributed by atoms with Crippen LogP contribution in [0.4, 0.5) is 0 Å². The van der Waals surface area contributed by atoms with Crippen molar-refractivity contribution < 1.29 is 9.90 Å². The van der Waals surface area contributed by atoms with Crippen molar-refractivity contribution in [1.29, 1.82) is 0 Å². The first kappa shape index (κ1) is 12.5. The van der Waals surface area contributed by atoms with Crippen LogP contribution in [0.25, 0.3) is 0 Å². The van der Waals surface area contributed by atoms with E-state index in [0.29, 0.717) is 0 Å². The summed E-state index contributed by atoms with van der Waals surface area (Å²) in [5, 5.41) is 11.4. The Hall–Kier alpha value is -0.610. The number of aliphatic hydroxyl groups is 1. The molecule has 0 radical (unpaired) electrons. The van der Waals surface area contributed by atoms with Crippen molar-refractivity contribution in [2.24, 2.45) is 5.92 Å². The third-order valence-electron chi connectivity index (χ3n) is 3.05. The molecule has 0 spiro atoms. The van der Waals surface area contributed by atoms with Gasteiger partial charge in [-0.25, -0.2) is 0 Å². The molecule has 4 nitrogen and oxygen atoms in total. The van der Waals surface area contributed by atoms with Gasteiger partial charge in [-0.05, 0) is 45.3 Å². The fourth-order valence-electron chi connectivity index (χ4n) is 1.96. The molecule has 0 aromatic rings. The van der Waals surface area contributed by atoms with Crippen LogP contribution in [-0.2, 0) is 4.79 Å². The van der Waals surface area contributed by atoms with Crippen LogP contribution in [0.1, 0.15) is 25.7 Å². The molecule has 1 saturated heterocycles. The molecule has 0 aromatic heterocycles. The Labute approximate surface area is 91.6 Å². The minimum absolute atomic E-state index is 0.0366. The predicted molar refractivity (Wildman–Crippen MR) is 59.6 cm³/mol. The number of nitrogens with zero attached hydrogens (tertiary/aromatic N) is 1. The summed E-state index contributed by atoms with van der Waals surface area (Å²) < 4.78 is 0. The van der Waals surface area contributed by atoms with Gasteiger partial charge in [-0.3, -0.25) is 4.79 Å². The van der Waals surface area contributed by atoms with Gasteiger partial charge in [-0.1, -0.05) is 0 Å². The Bertz CT molecular complexity index is 189. The highest BCUT2D eigenvalue weighted by Crippen LogP contribution is 2.18. The van der Waals surface area contributed by atoms with Crippen LogP contribution in [0.3, 0.4) is 0 Å². The maximum atomic E-state index is 11.1. The molecule has 0 atom stereocenters. The van der Waals surface area contributed by atoms with Gasteiger partial charge in [-0.2, -0.15) is 0 Å². The molecule has 1 aliphatic heterocycles. The van der Waals surface area contributed by atoms with E-state index < -0.39 is 0 Å². The first-order valence-electron chi connectivity index (χ1n) is 5.78. The molecular weight excluding hydrogens is 192 g/mol. The van der Waals surface area contributed by atoms with E-state index in [1.165, 1.54) is 25.9 Å². The van der Waals surface area contributed by atoms with Gasteiger partial charge in [0.25, 0.3) is 0 Å². The summed E-state index contributed by atoms with van der Waals surface area (Å²) in [6.45, 7) is 3.05. The second-order valence-corrected chi connectivity index (χ2v) is 4.36. The van der Waals surface area contributed by atoms with Crippen molar-refractivity contribution >= 4 is 5.91 Å². The van der Waals surface area contributed by atoms with Crippen LogP contribution in [-0.4, -0.2) is 49.2 Å². The number of amides is 1. The highest BCUT2D eigenvalue weighted by molar-refractivity contribution is 5.75. The van der Waals surface area contributed by atoms with Crippen molar-refractivity contribution in [3.63, 3.8) is 0 Å². The highest BCUT2D eigenvalue weighted by Gasteiger charge is 2.16. The van der Waals surface area contributed by atoms with Crippen molar-refractivity contribution in [3.05, 3.63) is 0 Å². The Balaban J connectivity index is 2.02. The molecule has 0 unspecified atom stereocenters. The molecule has 88 valence electrons. The number of rotatable bonds is 5. The molecule has 0 saturated carbocycles. The molecular formula is C11H22N2O2. The normalized spacial score (nSPS) is 19.1. The van der Waals surface area contributed by atoms with Crippen LogP contribution < -0.4 is 5.32 Å². The quantitative estimate of drug-likeness (QED) is 0.688. The number of piperidine rings is 1. The Morgan fingerprint density at radius 3 is 2.73 bits per heavy atom. The van der Waals surface area contributed by atoms with E-state index in [1.54, 1.807) is 0 Å². The number of nitrogens with one attached hydrogen (secondary N) is 1. The van der Waals surface area contributed by atoms with E-state index in [4.69, 9.17) is 5.11 Å². The lowest BCUT2D eigenvalue weighted by molar-refractivity contribution is -0.121. The van der Waals surface area contributed by atoms with Gasteiger partial charge in [0.1, 0.15) is 0 Å². The molecule has 0 aliphatic carbocycles. The highest BCUT2D eigenvalue weighted by atomic mass is 16.3. The van der Waals surface area contributed by atoms with Crippen LogP contribution in [0.5, 0.6) is 0 Å². The van der Waals surface area contributed by atoms with Crippen molar-refractivity contribution in [1.82, 2.24) is 10.2 Å². The number of carbonyl (C=O) groups is 1. The zero-order valence-corrected chi connectivity index (χ0v) is 9.54. The monoisotopic (exact) mass is 214 g/mol. The topological polar surface area (TPSA) is 52.6 Å². The number of hydrogen-bond donors (Lipinski definition) is 2. The molecule has 1 heterocycles. The number of likely N-dealkylation sites (tertiary alicyclic amines) is 1. The molecule has 0 bridgehead atoms. The summed E-state index contributed by atoms with van der Waals surface area (Å²) in [4.78, 5) is 13.4. The Morgan fingerprint density at radius 1 is 1.47 bits per heavy atom. The second kappa shape index (κ2) is 6.80. The molecule has 1 fully saturated rings. The summed E-state index contributed by atoms with van der Waals surface area (Å²) in [7, 11) is 2.15. The molecule has 1 rings (SSSR count). The predicted octanol–water partition coefficient (Wildman–Crippen LogP) is 0.217. The number of hydrogen-bond acceptors (Lipinski definition) is 3. The van der Waals surface area contributed by atoms with Crippen LogP contribution in [0.15, 0.2) is 0 Å². The number of aliphatic hydroxyl groups excluding tert-OH is 1. The lowest BCUT2D eigenvalue weighted by Gasteiger charge is -2.28. The van der Waals surface area contributed by atoms with E-state index >= 15 is 0 Å². The van der Waals surface area contributed by atoms with E-state index in [0.717, 1.165) is 18.9 Å². The number of carbonyl (C=O) groups excluding carboxylic acids is 1. The van der Waals surface area contributed by atoms with E-state index in [-0.39, 0.29) is 18.9 Å². The van der Waals surface area contributed by atoms with Crippen LogP contribution in [0.2, 0.25) is 0 Å². The minimum atomic E-state index is -0.0555. The largest absolute Gasteiger partial charge is 0.396 e. The minimum Gasteiger partial charge on any atom is -0.396 e. The standard InChI is InChI=1S/C11H22N2O2/c1-13-7-3-10(4-8-13)2-6-12-11(15)5-9-14/h10,14H,2-9H2,1H3,(H,12,15). The van der Waals surface area contributed by atoms with Gasteiger partial charge in [0.05, 0.1) is 6.61 Å². The zero-order chi connectivity index (χ0) is 11.1. The maximum Gasteiger partial charge on any atom is 0.222 e. The first-order valence-corrected chi connectivity index (χ1v) is 5.78. The molecule has 1 aliphatic rings. The third-order valence-corrected chi connectivity index (χ3v) is 3.05. The average Bonchev–Trinajstić information content (AvgIpc) is 2.21. The van der Waals surface area contributed by atoms with Crippen molar-refractivity contribution in [2.75, 3.05) is 33.3 Å². The summed E-state index contributed by atoms with van der Waals surface area (Å²) >= 11 is 0. The Morgan fingerprint density at radius 2 is 2.13 bits per heavy atom. The van der Waals surface area contributed by atoms with Gasteiger partial charge in [0.2, 0.25) is 5.91 Å². The van der Waals surface area contributed by atoms with Crippen molar-refractivity contribution in [2.45, 2.75) is 25.7 Å². The average molecular weight is 214 g/mol. The van der Waals surface area contributed by atoms with E-state index in [1.807, 2.05) is 0 Å². The summed E-state index contributed by atoms with van der Waals surface area (Å²) in [5.74, 6) is 0.723. The SMILES string of the molecule is CN1CCC(CCNC(=O)CCO)CC1. The smallest absolute Gasteiger partial charge is 0.222 e. The van der Waals surface area contributed by atoms with E-state index in [2.05, 4.69) is 17.3 Å². The van der Waals surface area contributed by atoms with E-state index in [9.17, 15) is 4.79 Å². The van der Waals surface area contributed by atoms with Crippen molar-refractivity contribution in [3.8, 4) is 0 Å². The third kappa shape index (κ3) is 5.14. The lowest BCUT2D eigenvalue weighted by Crippen LogP contribution is -2.32. The molecule has 0 aromatic carbocycles. The fourth-order valence-corrected chi connectivity index (χ4v) is 1.96. The molecule has 2 N–H and O–H groups in total. The van der Waals surface area contributed by atoms with Gasteiger partial charge < -0.3 is 15.3 Å². The zero-order valence-electron chi connectivity index (χ0n) is 9.54. The molecule has 4 heteroatoms. The summed E-state index contributed by atoms with van der Waals surface area (Å²) in [6.07, 6.45) is 3.79. The second-order valence-electron chi connectivity index (χ2n) is 4.36. The van der Waals surface area contributed by atoms with Gasteiger partial charge in [0.15, 0.2) is 0 Å². The van der Waals surface area contributed by atoms with Crippen LogP contribution in [0, 0.1) is 5.92 Å². The Kier molecular flexibility index (Phi) is 5.65. The van der Waals surface area contributed by atoms with Gasteiger partial charge in [-0.15, -0.1) is 0 Å². The lowest BCUT2D eigenvalue weighted by atomic mass is 9.94. The molecule has 15 heavy (non-hydrogen) atoms. The maximum absolute atomic E-state index is 11.1. The fraction of sp³-hybridized carbons (Fsp3) is 0.909. The van der Waals surface area contributed by atoms with Gasteiger partial charge >= 0.3 is 0 Å². The summed E-state index contributed by atoms with van der Waals surface area (Å²) in [6, 6.07) is 0.